The van der Waals surface area contributed by atoms with Crippen molar-refractivity contribution in [2.75, 3.05) is 18.5 Å². The molecule has 0 aliphatic rings. The highest BCUT2D eigenvalue weighted by atomic mass is 35.5. The van der Waals surface area contributed by atoms with Crippen LogP contribution in [-0.2, 0) is 6.42 Å². The second-order valence-electron chi connectivity index (χ2n) is 5.20. The minimum absolute atomic E-state index is 0.0937. The van der Waals surface area contributed by atoms with Crippen LogP contribution in [-0.4, -0.2) is 13.6 Å². The Bertz CT molecular complexity index is 615. The molecule has 0 fully saturated rings. The highest BCUT2D eigenvalue weighted by Crippen LogP contribution is 2.28. The fraction of sp³-hybridized carbons (Fsp3) is 0.294. The molecule has 0 heterocycles. The lowest BCUT2D eigenvalue weighted by molar-refractivity contribution is 0.622. The van der Waals surface area contributed by atoms with Crippen LogP contribution in [0.5, 0.6) is 0 Å². The molecule has 2 N–H and O–H groups in total. The third kappa shape index (κ3) is 3.96. The minimum Gasteiger partial charge on any atom is -0.368 e. The Kier molecular flexibility index (Phi) is 5.21. The van der Waals surface area contributed by atoms with Crippen molar-refractivity contribution in [2.24, 2.45) is 5.73 Å². The number of anilines is 1. The van der Waals surface area contributed by atoms with Gasteiger partial charge in [0.15, 0.2) is 0 Å². The first-order valence-electron chi connectivity index (χ1n) is 6.99. The van der Waals surface area contributed by atoms with Crippen molar-refractivity contribution in [3.63, 3.8) is 0 Å². The lowest BCUT2D eigenvalue weighted by atomic mass is 10.1. The molecule has 1 unspecified atom stereocenters. The largest absolute Gasteiger partial charge is 0.368 e. The SMILES string of the molecule is CC(c1cccc(Cl)c1)N(C)c1cc(F)cc(CCN)c1. The molecule has 0 bridgehead atoms. The Morgan fingerprint density at radius 3 is 2.67 bits per heavy atom. The molecule has 2 nitrogen and oxygen atoms in total. The van der Waals surface area contributed by atoms with E-state index in [2.05, 4.69) is 6.92 Å². The van der Waals surface area contributed by atoms with Gasteiger partial charge in [0.05, 0.1) is 6.04 Å². The topological polar surface area (TPSA) is 29.3 Å². The lowest BCUT2D eigenvalue weighted by Crippen LogP contribution is -2.22. The first kappa shape index (κ1) is 15.8. The van der Waals surface area contributed by atoms with Gasteiger partial charge in [0.1, 0.15) is 5.82 Å². The van der Waals surface area contributed by atoms with Gasteiger partial charge in [-0.3, -0.25) is 0 Å². The number of benzene rings is 2. The summed E-state index contributed by atoms with van der Waals surface area (Å²) in [6, 6.07) is 12.9. The molecule has 0 spiro atoms. The van der Waals surface area contributed by atoms with E-state index >= 15 is 0 Å². The predicted octanol–water partition coefficient (Wildman–Crippen LogP) is 4.18. The Morgan fingerprint density at radius 1 is 1.24 bits per heavy atom. The third-order valence-corrected chi connectivity index (χ3v) is 3.93. The van der Waals surface area contributed by atoms with Gasteiger partial charge in [-0.05, 0) is 61.3 Å². The quantitative estimate of drug-likeness (QED) is 0.898. The van der Waals surface area contributed by atoms with E-state index in [9.17, 15) is 4.39 Å². The predicted molar refractivity (Wildman–Crippen MR) is 87.4 cm³/mol. The number of halogens is 2. The van der Waals surface area contributed by atoms with Gasteiger partial charge in [-0.25, -0.2) is 4.39 Å². The van der Waals surface area contributed by atoms with Gasteiger partial charge in [0.2, 0.25) is 0 Å². The van der Waals surface area contributed by atoms with Crippen LogP contribution in [0.3, 0.4) is 0 Å². The molecule has 2 aromatic carbocycles. The summed E-state index contributed by atoms with van der Waals surface area (Å²) < 4.78 is 13.8. The van der Waals surface area contributed by atoms with Crippen LogP contribution in [0.1, 0.15) is 24.1 Å². The molecule has 0 aliphatic heterocycles. The standard InChI is InChI=1S/C17H20ClFN2/c1-12(14-4-3-5-15(18)10-14)21(2)17-9-13(6-7-20)8-16(19)11-17/h3-5,8-12H,6-7,20H2,1-2H3. The summed E-state index contributed by atoms with van der Waals surface area (Å²) >= 11 is 6.04. The van der Waals surface area contributed by atoms with Gasteiger partial charge >= 0.3 is 0 Å². The van der Waals surface area contributed by atoms with E-state index in [4.69, 9.17) is 17.3 Å². The molecular formula is C17H20ClFN2. The molecular weight excluding hydrogens is 287 g/mol. The van der Waals surface area contributed by atoms with Crippen molar-refractivity contribution < 1.29 is 4.39 Å². The number of hydrogen-bond donors (Lipinski definition) is 1. The van der Waals surface area contributed by atoms with Crippen molar-refractivity contribution in [1.29, 1.82) is 0 Å². The second-order valence-corrected chi connectivity index (χ2v) is 5.63. The molecule has 4 heteroatoms. The molecule has 2 rings (SSSR count). The summed E-state index contributed by atoms with van der Waals surface area (Å²) in [5.41, 5.74) is 8.40. The van der Waals surface area contributed by atoms with Gasteiger partial charge in [0, 0.05) is 17.8 Å². The Labute approximate surface area is 130 Å². The maximum absolute atomic E-state index is 13.8. The monoisotopic (exact) mass is 306 g/mol. The van der Waals surface area contributed by atoms with Crippen molar-refractivity contribution in [1.82, 2.24) is 0 Å². The first-order valence-corrected chi connectivity index (χ1v) is 7.37. The maximum Gasteiger partial charge on any atom is 0.125 e. The second kappa shape index (κ2) is 6.92. The average molecular weight is 307 g/mol. The fourth-order valence-electron chi connectivity index (χ4n) is 2.36. The van der Waals surface area contributed by atoms with Crippen molar-refractivity contribution >= 4 is 17.3 Å². The molecule has 1 atom stereocenters. The van der Waals surface area contributed by atoms with Crippen molar-refractivity contribution in [2.45, 2.75) is 19.4 Å². The molecule has 0 radical (unpaired) electrons. The zero-order valence-electron chi connectivity index (χ0n) is 12.3. The summed E-state index contributed by atoms with van der Waals surface area (Å²) in [4.78, 5) is 2.04. The van der Waals surface area contributed by atoms with Crippen LogP contribution in [0, 0.1) is 5.82 Å². The zero-order chi connectivity index (χ0) is 15.4. The van der Waals surface area contributed by atoms with Gasteiger partial charge in [0.25, 0.3) is 0 Å². The van der Waals surface area contributed by atoms with Gasteiger partial charge in [-0.15, -0.1) is 0 Å². The van der Waals surface area contributed by atoms with Crippen molar-refractivity contribution in [3.05, 3.63) is 64.4 Å². The van der Waals surface area contributed by atoms with E-state index in [0.717, 1.165) is 16.8 Å². The van der Waals surface area contributed by atoms with E-state index in [1.807, 2.05) is 42.3 Å². The first-order chi connectivity index (χ1) is 10.0. The van der Waals surface area contributed by atoms with E-state index in [1.165, 1.54) is 6.07 Å². The van der Waals surface area contributed by atoms with Crippen LogP contribution in [0.4, 0.5) is 10.1 Å². The maximum atomic E-state index is 13.8. The molecule has 21 heavy (non-hydrogen) atoms. The molecule has 112 valence electrons. The van der Waals surface area contributed by atoms with E-state index in [-0.39, 0.29) is 11.9 Å². The summed E-state index contributed by atoms with van der Waals surface area (Å²) in [5, 5.41) is 0.704. The van der Waals surface area contributed by atoms with Gasteiger partial charge in [-0.1, -0.05) is 23.7 Å². The molecule has 0 saturated heterocycles. The highest BCUT2D eigenvalue weighted by Gasteiger charge is 2.14. The van der Waals surface area contributed by atoms with Crippen LogP contribution >= 0.6 is 11.6 Å². The van der Waals surface area contributed by atoms with Gasteiger partial charge < -0.3 is 10.6 Å². The zero-order valence-corrected chi connectivity index (χ0v) is 13.1. The van der Waals surface area contributed by atoms with Crippen LogP contribution < -0.4 is 10.6 Å². The van der Waals surface area contributed by atoms with E-state index < -0.39 is 0 Å². The fourth-order valence-corrected chi connectivity index (χ4v) is 2.56. The van der Waals surface area contributed by atoms with Crippen LogP contribution in [0.2, 0.25) is 5.02 Å². The Morgan fingerprint density at radius 2 is 2.00 bits per heavy atom. The number of rotatable bonds is 5. The van der Waals surface area contributed by atoms with Crippen molar-refractivity contribution in [3.8, 4) is 0 Å². The highest BCUT2D eigenvalue weighted by molar-refractivity contribution is 6.30. The van der Waals surface area contributed by atoms with Crippen LogP contribution in [0.25, 0.3) is 0 Å². The summed E-state index contributed by atoms with van der Waals surface area (Å²) in [6.45, 7) is 2.58. The summed E-state index contributed by atoms with van der Waals surface area (Å²) in [7, 11) is 1.95. The summed E-state index contributed by atoms with van der Waals surface area (Å²) in [6.07, 6.45) is 0.671. The number of hydrogen-bond acceptors (Lipinski definition) is 2. The molecule has 0 saturated carbocycles. The van der Waals surface area contributed by atoms with Crippen LogP contribution in [0.15, 0.2) is 42.5 Å². The number of nitrogens with zero attached hydrogens (tertiary/aromatic N) is 1. The van der Waals surface area contributed by atoms with Gasteiger partial charge in [-0.2, -0.15) is 0 Å². The molecule has 0 amide bonds. The Hall–Kier alpha value is -1.58. The lowest BCUT2D eigenvalue weighted by Gasteiger charge is -2.28. The molecule has 2 aromatic rings. The third-order valence-electron chi connectivity index (χ3n) is 3.69. The Balaban J connectivity index is 2.28. The number of nitrogens with two attached hydrogens (primary N) is 1. The average Bonchev–Trinajstić information content (AvgIpc) is 2.45. The normalized spacial score (nSPS) is 12.2. The molecule has 0 aliphatic carbocycles. The molecule has 0 aromatic heterocycles. The minimum atomic E-state index is -0.235. The smallest absolute Gasteiger partial charge is 0.125 e. The van der Waals surface area contributed by atoms with E-state index in [1.54, 1.807) is 6.07 Å². The van der Waals surface area contributed by atoms with E-state index in [0.29, 0.717) is 18.0 Å². The summed E-state index contributed by atoms with van der Waals surface area (Å²) in [5.74, 6) is -0.235.